The Balaban J connectivity index is 2.29. The summed E-state index contributed by atoms with van der Waals surface area (Å²) >= 11 is 0. The number of benzene rings is 2. The lowest BCUT2D eigenvalue weighted by Gasteiger charge is -2.13. The minimum atomic E-state index is -1.65. The van der Waals surface area contributed by atoms with Crippen LogP contribution < -0.4 is 10.1 Å². The Kier molecular flexibility index (Phi) is 4.23. The van der Waals surface area contributed by atoms with Crippen molar-refractivity contribution >= 4 is 16.7 Å². The van der Waals surface area contributed by atoms with E-state index in [2.05, 4.69) is 5.32 Å². The van der Waals surface area contributed by atoms with Crippen molar-refractivity contribution in [1.29, 1.82) is 0 Å². The molecule has 2 aromatic rings. The molecule has 2 aromatic carbocycles. The van der Waals surface area contributed by atoms with Crippen LogP contribution in [0.15, 0.2) is 36.4 Å². The second-order valence-corrected chi connectivity index (χ2v) is 5.00. The third-order valence-electron chi connectivity index (χ3n) is 3.03. The molecule has 0 saturated carbocycles. The second kappa shape index (κ2) is 5.90. The molecule has 0 bridgehead atoms. The highest BCUT2D eigenvalue weighted by atomic mass is 19.1. The molecule has 0 fully saturated rings. The van der Waals surface area contributed by atoms with Crippen LogP contribution >= 0.6 is 0 Å². The summed E-state index contributed by atoms with van der Waals surface area (Å²) in [6.07, 6.45) is -1.65. The molecule has 4 heteroatoms. The van der Waals surface area contributed by atoms with Crippen LogP contribution in [-0.4, -0.2) is 19.1 Å². The molecule has 0 saturated heterocycles. The summed E-state index contributed by atoms with van der Waals surface area (Å²) in [5.41, 5.74) is 0.362. The molecule has 1 atom stereocenters. The largest absolute Gasteiger partial charge is 0.497 e. The second-order valence-electron chi connectivity index (χ2n) is 5.00. The summed E-state index contributed by atoms with van der Waals surface area (Å²) in [5, 5.41) is 4.40. The minimum absolute atomic E-state index is 0.0783. The number of halogens is 1. The van der Waals surface area contributed by atoms with Crippen molar-refractivity contribution in [1.82, 2.24) is 5.32 Å². The summed E-state index contributed by atoms with van der Waals surface area (Å²) in [5.74, 6) is 0.146. The Morgan fingerprint density at radius 2 is 1.80 bits per heavy atom. The molecule has 0 radical (unpaired) electrons. The number of alkyl halides is 1. The van der Waals surface area contributed by atoms with Crippen LogP contribution in [0.25, 0.3) is 10.8 Å². The van der Waals surface area contributed by atoms with Crippen molar-refractivity contribution in [3.05, 3.63) is 42.0 Å². The van der Waals surface area contributed by atoms with Crippen LogP contribution in [-0.2, 0) is 4.79 Å². The highest BCUT2D eigenvalue weighted by molar-refractivity contribution is 5.87. The maximum atomic E-state index is 14.1. The first kappa shape index (κ1) is 14.3. The fourth-order valence-corrected chi connectivity index (χ4v) is 2.04. The van der Waals surface area contributed by atoms with E-state index in [-0.39, 0.29) is 6.04 Å². The number of ether oxygens (including phenoxy) is 1. The first-order valence-electron chi connectivity index (χ1n) is 6.53. The Morgan fingerprint density at radius 1 is 1.15 bits per heavy atom. The van der Waals surface area contributed by atoms with Crippen molar-refractivity contribution in [2.24, 2.45) is 0 Å². The fourth-order valence-electron chi connectivity index (χ4n) is 2.04. The molecule has 0 aliphatic carbocycles. The Bertz CT molecular complexity index is 625. The van der Waals surface area contributed by atoms with Crippen molar-refractivity contribution in [2.45, 2.75) is 26.1 Å². The first-order chi connectivity index (χ1) is 9.51. The van der Waals surface area contributed by atoms with Crippen LogP contribution in [0.3, 0.4) is 0 Å². The molecule has 0 aliphatic rings. The summed E-state index contributed by atoms with van der Waals surface area (Å²) < 4.78 is 19.3. The molecule has 106 valence electrons. The van der Waals surface area contributed by atoms with Crippen LogP contribution in [0.1, 0.15) is 25.6 Å². The number of carbonyl (C=O) groups excluding carboxylic acids is 1. The Morgan fingerprint density at radius 3 is 2.45 bits per heavy atom. The van der Waals surface area contributed by atoms with Gasteiger partial charge in [0.1, 0.15) is 5.75 Å². The molecule has 1 N–H and O–H groups in total. The van der Waals surface area contributed by atoms with E-state index < -0.39 is 12.1 Å². The molecular formula is C16H18FNO2. The van der Waals surface area contributed by atoms with E-state index in [0.29, 0.717) is 5.56 Å². The first-order valence-corrected chi connectivity index (χ1v) is 6.53. The SMILES string of the molecule is COc1ccc2cc(C(F)C(=O)NC(C)C)ccc2c1. The van der Waals surface area contributed by atoms with Crippen molar-refractivity contribution in [3.63, 3.8) is 0 Å². The van der Waals surface area contributed by atoms with Gasteiger partial charge in [0.15, 0.2) is 0 Å². The lowest BCUT2D eigenvalue weighted by Crippen LogP contribution is -2.33. The fraction of sp³-hybridized carbons (Fsp3) is 0.312. The van der Waals surface area contributed by atoms with Gasteiger partial charge in [-0.25, -0.2) is 4.39 Å². The standard InChI is InChI=1S/C16H18FNO2/c1-10(2)18-16(19)15(17)13-5-4-12-9-14(20-3)7-6-11(12)8-13/h4-10,15H,1-3H3,(H,18,19). The van der Waals surface area contributed by atoms with Crippen molar-refractivity contribution in [3.8, 4) is 5.75 Å². The van der Waals surface area contributed by atoms with E-state index in [1.807, 2.05) is 18.2 Å². The normalized spacial score (nSPS) is 12.4. The summed E-state index contributed by atoms with van der Waals surface area (Å²) in [7, 11) is 1.60. The van der Waals surface area contributed by atoms with Gasteiger partial charge < -0.3 is 10.1 Å². The molecular weight excluding hydrogens is 257 g/mol. The van der Waals surface area contributed by atoms with Gasteiger partial charge in [0.05, 0.1) is 7.11 Å². The van der Waals surface area contributed by atoms with Gasteiger partial charge in [0.25, 0.3) is 5.91 Å². The lowest BCUT2D eigenvalue weighted by molar-refractivity contribution is -0.126. The van der Waals surface area contributed by atoms with Crippen LogP contribution in [0.4, 0.5) is 4.39 Å². The van der Waals surface area contributed by atoms with Gasteiger partial charge in [-0.2, -0.15) is 0 Å². The quantitative estimate of drug-likeness (QED) is 0.929. The molecule has 1 amide bonds. The van der Waals surface area contributed by atoms with Crippen LogP contribution in [0.5, 0.6) is 5.75 Å². The predicted octanol–water partition coefficient (Wildman–Crippen LogP) is 3.38. The zero-order valence-corrected chi connectivity index (χ0v) is 11.8. The molecule has 3 nitrogen and oxygen atoms in total. The van der Waals surface area contributed by atoms with E-state index in [9.17, 15) is 9.18 Å². The Hall–Kier alpha value is -2.10. The van der Waals surface area contributed by atoms with Gasteiger partial charge in [0, 0.05) is 6.04 Å². The molecule has 20 heavy (non-hydrogen) atoms. The average molecular weight is 275 g/mol. The highest BCUT2D eigenvalue weighted by Crippen LogP contribution is 2.26. The maximum absolute atomic E-state index is 14.1. The third kappa shape index (κ3) is 3.07. The number of hydrogen-bond donors (Lipinski definition) is 1. The zero-order valence-electron chi connectivity index (χ0n) is 11.8. The van der Waals surface area contributed by atoms with Crippen molar-refractivity contribution < 1.29 is 13.9 Å². The van der Waals surface area contributed by atoms with Crippen molar-refractivity contribution in [2.75, 3.05) is 7.11 Å². The average Bonchev–Trinajstić information content (AvgIpc) is 2.44. The number of methoxy groups -OCH3 is 1. The number of rotatable bonds is 4. The number of fused-ring (bicyclic) bond motifs is 1. The van der Waals surface area contributed by atoms with Gasteiger partial charge in [-0.1, -0.05) is 18.2 Å². The molecule has 0 spiro atoms. The smallest absolute Gasteiger partial charge is 0.259 e. The Labute approximate surface area is 117 Å². The topological polar surface area (TPSA) is 38.3 Å². The molecule has 1 unspecified atom stereocenters. The third-order valence-corrected chi connectivity index (χ3v) is 3.03. The molecule has 0 heterocycles. The predicted molar refractivity (Wildman–Crippen MR) is 77.6 cm³/mol. The zero-order chi connectivity index (χ0) is 14.7. The van der Waals surface area contributed by atoms with Gasteiger partial charge >= 0.3 is 0 Å². The van der Waals surface area contributed by atoms with Crippen LogP contribution in [0, 0.1) is 0 Å². The molecule has 0 aromatic heterocycles. The number of carbonyl (C=O) groups is 1. The van der Waals surface area contributed by atoms with Crippen LogP contribution in [0.2, 0.25) is 0 Å². The van der Waals surface area contributed by atoms with E-state index in [4.69, 9.17) is 4.74 Å². The number of hydrogen-bond acceptors (Lipinski definition) is 2. The van der Waals surface area contributed by atoms with Gasteiger partial charge in [-0.3, -0.25) is 4.79 Å². The maximum Gasteiger partial charge on any atom is 0.259 e. The lowest BCUT2D eigenvalue weighted by atomic mass is 10.0. The summed E-state index contributed by atoms with van der Waals surface area (Å²) in [6.45, 7) is 3.61. The van der Waals surface area contributed by atoms with E-state index in [1.54, 1.807) is 39.2 Å². The van der Waals surface area contributed by atoms with Gasteiger partial charge in [-0.05, 0) is 48.4 Å². The van der Waals surface area contributed by atoms with E-state index in [1.165, 1.54) is 0 Å². The summed E-state index contributed by atoms with van der Waals surface area (Å²) in [6, 6.07) is 10.6. The molecule has 0 aliphatic heterocycles. The van der Waals surface area contributed by atoms with Gasteiger partial charge in [0.2, 0.25) is 6.17 Å². The number of nitrogens with one attached hydrogen (secondary N) is 1. The number of amides is 1. The summed E-state index contributed by atoms with van der Waals surface area (Å²) in [4.78, 5) is 11.7. The minimum Gasteiger partial charge on any atom is -0.497 e. The monoisotopic (exact) mass is 275 g/mol. The van der Waals surface area contributed by atoms with E-state index >= 15 is 0 Å². The van der Waals surface area contributed by atoms with Gasteiger partial charge in [-0.15, -0.1) is 0 Å². The van der Waals surface area contributed by atoms with E-state index in [0.717, 1.165) is 16.5 Å². The highest BCUT2D eigenvalue weighted by Gasteiger charge is 2.20. The molecule has 2 rings (SSSR count).